The van der Waals surface area contributed by atoms with Crippen LogP contribution >= 0.6 is 0 Å². The molecule has 0 spiro atoms. The highest BCUT2D eigenvalue weighted by Crippen LogP contribution is 2.01. The largest absolute Gasteiger partial charge is 0.479 e. The van der Waals surface area contributed by atoms with Crippen molar-refractivity contribution in [2.45, 2.75) is 45.3 Å². The second-order valence-corrected chi connectivity index (χ2v) is 3.72. The maximum Gasteiger partial charge on any atom is 0.344 e. The fourth-order valence-electron chi connectivity index (χ4n) is 1.12. The molecule has 0 fully saturated rings. The van der Waals surface area contributed by atoms with Crippen molar-refractivity contribution in [1.29, 1.82) is 0 Å². The van der Waals surface area contributed by atoms with E-state index in [2.05, 4.69) is 10.1 Å². The molecule has 103 valence electrons. The lowest BCUT2D eigenvalue weighted by Gasteiger charge is -2.17. The van der Waals surface area contributed by atoms with Gasteiger partial charge < -0.3 is 20.9 Å². The van der Waals surface area contributed by atoms with E-state index in [1.54, 1.807) is 6.92 Å². The Kier molecular flexibility index (Phi) is 7.69. The zero-order valence-corrected chi connectivity index (χ0v) is 10.5. The molecule has 0 rings (SSSR count). The molecule has 2 atom stereocenters. The normalized spacial score (nSPS) is 13.5. The first kappa shape index (κ1) is 16.4. The van der Waals surface area contributed by atoms with E-state index in [1.165, 1.54) is 13.5 Å². The molecule has 4 N–H and O–H groups in total. The third kappa shape index (κ3) is 6.19. The number of rotatable bonds is 8. The molecular weight excluding hydrogens is 240 g/mol. The molecule has 0 aromatic rings. The average Bonchev–Trinajstić information content (AvgIpc) is 2.32. The Hall–Kier alpha value is -1.63. The summed E-state index contributed by atoms with van der Waals surface area (Å²) >= 11 is 0. The molecule has 7 nitrogen and oxygen atoms in total. The molecule has 0 heterocycles. The number of ether oxygens (including phenoxy) is 1. The lowest BCUT2D eigenvalue weighted by atomic mass is 10.2. The first-order valence-corrected chi connectivity index (χ1v) is 5.68. The Labute approximate surface area is 106 Å². The van der Waals surface area contributed by atoms with Crippen LogP contribution in [0.1, 0.15) is 33.1 Å². The third-order valence-electron chi connectivity index (χ3n) is 2.21. The molecule has 18 heavy (non-hydrogen) atoms. The maximum absolute atomic E-state index is 11.6. The van der Waals surface area contributed by atoms with Gasteiger partial charge in [0.25, 0.3) is 0 Å². The minimum Gasteiger partial charge on any atom is -0.479 e. The fraction of sp³-hybridized carbons (Fsp3) is 0.636. The summed E-state index contributed by atoms with van der Waals surface area (Å²) in [5.74, 6) is -2.32. The number of carbonyl (C=O) groups is 3. The number of hydrogen-bond donors (Lipinski definition) is 3. The number of carboxylic acid groups (broad SMARTS) is 1. The van der Waals surface area contributed by atoms with Crippen LogP contribution in [-0.4, -0.2) is 35.1 Å². The van der Waals surface area contributed by atoms with Crippen LogP contribution in [0, 0.1) is 6.54 Å². The molecule has 0 bridgehead atoms. The number of esters is 1. The molecule has 0 aliphatic rings. The molecule has 0 aromatic heterocycles. The van der Waals surface area contributed by atoms with Gasteiger partial charge in [0.15, 0.2) is 6.10 Å². The third-order valence-corrected chi connectivity index (χ3v) is 2.21. The van der Waals surface area contributed by atoms with Gasteiger partial charge in [-0.3, -0.25) is 4.79 Å². The number of aliphatic carboxylic acids is 1. The van der Waals surface area contributed by atoms with Gasteiger partial charge in [-0.25, -0.2) is 9.59 Å². The first-order valence-electron chi connectivity index (χ1n) is 5.68. The van der Waals surface area contributed by atoms with Gasteiger partial charge in [-0.05, 0) is 19.8 Å². The summed E-state index contributed by atoms with van der Waals surface area (Å²) in [5.41, 5.74) is 5.14. The summed E-state index contributed by atoms with van der Waals surface area (Å²) in [6.07, 6.45) is -0.332. The van der Waals surface area contributed by atoms with Gasteiger partial charge in [0.05, 0.1) is 0 Å². The van der Waals surface area contributed by atoms with Gasteiger partial charge in [0.1, 0.15) is 6.04 Å². The molecule has 0 saturated heterocycles. The van der Waals surface area contributed by atoms with Crippen molar-refractivity contribution in [2.75, 3.05) is 0 Å². The molecule has 1 radical (unpaired) electrons. The quantitative estimate of drug-likeness (QED) is 0.519. The molecule has 0 aromatic carbocycles. The van der Waals surface area contributed by atoms with Crippen molar-refractivity contribution < 1.29 is 24.2 Å². The van der Waals surface area contributed by atoms with Crippen molar-refractivity contribution >= 4 is 17.8 Å². The van der Waals surface area contributed by atoms with Crippen molar-refractivity contribution in [3.8, 4) is 0 Å². The first-order chi connectivity index (χ1) is 8.42. The topological polar surface area (TPSA) is 119 Å². The fourth-order valence-corrected chi connectivity index (χ4v) is 1.12. The molecular formula is C11H19N2O5. The van der Waals surface area contributed by atoms with Crippen LogP contribution < -0.4 is 11.1 Å². The monoisotopic (exact) mass is 259 g/mol. The van der Waals surface area contributed by atoms with Gasteiger partial charge in [0.2, 0.25) is 5.91 Å². The molecule has 1 amide bonds. The van der Waals surface area contributed by atoms with Gasteiger partial charge in [0, 0.05) is 13.0 Å². The predicted molar refractivity (Wildman–Crippen MR) is 63.1 cm³/mol. The summed E-state index contributed by atoms with van der Waals surface area (Å²) in [6.45, 7) is 4.29. The Morgan fingerprint density at radius 1 is 1.44 bits per heavy atom. The Bertz CT molecular complexity index is 306. The lowest BCUT2D eigenvalue weighted by molar-refractivity contribution is -0.164. The SMILES string of the molecule is CC[C@H](NC(=O)CC[CH]N)C(=O)O[C@@H](C)C(=O)O. The van der Waals surface area contributed by atoms with Crippen LogP contribution in [0.4, 0.5) is 0 Å². The van der Waals surface area contributed by atoms with Crippen LogP contribution in [0.5, 0.6) is 0 Å². The Balaban J connectivity index is 4.27. The predicted octanol–water partition coefficient (Wildman–Crippen LogP) is -0.202. The summed E-state index contributed by atoms with van der Waals surface area (Å²) in [6, 6.07) is -0.836. The van der Waals surface area contributed by atoms with E-state index < -0.39 is 24.1 Å². The number of nitrogens with two attached hydrogens (primary N) is 1. The molecule has 0 saturated carbocycles. The average molecular weight is 259 g/mol. The highest BCUT2D eigenvalue weighted by atomic mass is 16.6. The van der Waals surface area contributed by atoms with Gasteiger partial charge in [-0.2, -0.15) is 0 Å². The smallest absolute Gasteiger partial charge is 0.344 e. The number of hydrogen-bond acceptors (Lipinski definition) is 5. The van der Waals surface area contributed by atoms with E-state index in [1.807, 2.05) is 0 Å². The number of carbonyl (C=O) groups excluding carboxylic acids is 2. The Morgan fingerprint density at radius 2 is 2.06 bits per heavy atom. The second kappa shape index (κ2) is 8.46. The van der Waals surface area contributed by atoms with Crippen LogP contribution in [0.25, 0.3) is 0 Å². The minimum absolute atomic E-state index is 0.175. The number of carboxylic acids is 1. The zero-order chi connectivity index (χ0) is 14.1. The van der Waals surface area contributed by atoms with E-state index in [9.17, 15) is 14.4 Å². The van der Waals surface area contributed by atoms with Crippen molar-refractivity contribution in [3.63, 3.8) is 0 Å². The molecule has 0 unspecified atom stereocenters. The van der Waals surface area contributed by atoms with Crippen LogP contribution in [0.3, 0.4) is 0 Å². The molecule has 0 aliphatic heterocycles. The summed E-state index contributed by atoms with van der Waals surface area (Å²) in [4.78, 5) is 33.5. The van der Waals surface area contributed by atoms with E-state index in [0.717, 1.165) is 0 Å². The molecule has 7 heteroatoms. The van der Waals surface area contributed by atoms with Crippen molar-refractivity contribution in [1.82, 2.24) is 5.32 Å². The summed E-state index contributed by atoms with van der Waals surface area (Å²) < 4.78 is 4.68. The summed E-state index contributed by atoms with van der Waals surface area (Å²) in [7, 11) is 0. The maximum atomic E-state index is 11.6. The van der Waals surface area contributed by atoms with Gasteiger partial charge >= 0.3 is 11.9 Å². The van der Waals surface area contributed by atoms with Gasteiger partial charge in [-0.1, -0.05) is 6.92 Å². The van der Waals surface area contributed by atoms with Crippen LogP contribution in [0.15, 0.2) is 0 Å². The molecule has 0 aliphatic carbocycles. The number of amides is 1. The van der Waals surface area contributed by atoms with Crippen LogP contribution in [0.2, 0.25) is 0 Å². The van der Waals surface area contributed by atoms with E-state index in [0.29, 0.717) is 12.8 Å². The number of nitrogens with one attached hydrogen (secondary N) is 1. The van der Waals surface area contributed by atoms with E-state index in [-0.39, 0.29) is 12.3 Å². The zero-order valence-electron chi connectivity index (χ0n) is 10.5. The van der Waals surface area contributed by atoms with Crippen molar-refractivity contribution in [3.05, 3.63) is 6.54 Å². The highest BCUT2D eigenvalue weighted by molar-refractivity contribution is 5.86. The van der Waals surface area contributed by atoms with Gasteiger partial charge in [-0.15, -0.1) is 0 Å². The second-order valence-electron chi connectivity index (χ2n) is 3.72. The minimum atomic E-state index is -1.24. The Morgan fingerprint density at radius 3 is 2.50 bits per heavy atom. The lowest BCUT2D eigenvalue weighted by Crippen LogP contribution is -2.43. The van der Waals surface area contributed by atoms with E-state index >= 15 is 0 Å². The van der Waals surface area contributed by atoms with E-state index in [4.69, 9.17) is 10.8 Å². The highest BCUT2D eigenvalue weighted by Gasteiger charge is 2.24. The van der Waals surface area contributed by atoms with Crippen LogP contribution in [-0.2, 0) is 19.1 Å². The summed E-state index contributed by atoms with van der Waals surface area (Å²) in [5, 5.41) is 11.1. The standard InChI is InChI=1S/C11H19N2O5/c1-3-8(13-9(14)5-4-6-12)11(17)18-7(2)10(15)16/h6-8H,3-5,12H2,1-2H3,(H,13,14)(H,15,16)/t7-,8-/m0/s1. The van der Waals surface area contributed by atoms with Crippen molar-refractivity contribution in [2.24, 2.45) is 5.73 Å².